The van der Waals surface area contributed by atoms with E-state index in [1.165, 1.54) is 0 Å². The van der Waals surface area contributed by atoms with Crippen LogP contribution in [0.4, 0.5) is 14.6 Å². The number of nitrogens with two attached hydrogens (primary N) is 2. The lowest BCUT2D eigenvalue weighted by Gasteiger charge is -2.16. The van der Waals surface area contributed by atoms with Crippen molar-refractivity contribution in [3.63, 3.8) is 0 Å². The molecule has 4 N–H and O–H groups in total. The predicted octanol–water partition coefficient (Wildman–Crippen LogP) is 4.01. The maximum atomic E-state index is 14.0. The number of aromatic nitrogens is 1. The topological polar surface area (TPSA) is 94.5 Å². The number of nitrogen functional groups attached to an aromatic ring is 1. The fourth-order valence-electron chi connectivity index (χ4n) is 3.57. The molecule has 6 nitrogen and oxygen atoms in total. The van der Waals surface area contributed by atoms with Gasteiger partial charge in [-0.05, 0) is 42.3 Å². The Morgan fingerprint density at radius 2 is 1.97 bits per heavy atom. The molecule has 2 aromatic carbocycles. The van der Waals surface area contributed by atoms with Gasteiger partial charge in [0.1, 0.15) is 18.2 Å². The number of pyridine rings is 1. The molecular formula is C23H21ClF2N4O2. The summed E-state index contributed by atoms with van der Waals surface area (Å²) in [5, 5.41) is -0.347. The van der Waals surface area contributed by atoms with Gasteiger partial charge in [0, 0.05) is 42.0 Å². The smallest absolute Gasteiger partial charge is 0.253 e. The number of hydrogen-bond acceptors (Lipinski definition) is 5. The predicted molar refractivity (Wildman–Crippen MR) is 118 cm³/mol. The summed E-state index contributed by atoms with van der Waals surface area (Å²) in [7, 11) is 0. The highest BCUT2D eigenvalue weighted by Crippen LogP contribution is 2.30. The van der Waals surface area contributed by atoms with Crippen LogP contribution in [0.1, 0.15) is 22.3 Å². The number of benzene rings is 2. The molecule has 0 aliphatic carbocycles. The number of nitrogens with zero attached hydrogens (tertiary/aromatic N) is 2. The van der Waals surface area contributed by atoms with Gasteiger partial charge < -0.3 is 21.1 Å². The van der Waals surface area contributed by atoms with Crippen molar-refractivity contribution in [3.8, 4) is 16.9 Å². The van der Waals surface area contributed by atoms with Crippen molar-refractivity contribution in [1.82, 2.24) is 9.88 Å². The van der Waals surface area contributed by atoms with Gasteiger partial charge >= 0.3 is 0 Å². The number of likely N-dealkylation sites (tertiary alicyclic amines) is 1. The standard InChI is InChI=1S/C23H21ClF2N4O2/c24-21-17(18(25)4-5-19(21)26)12-32-20-9-15(10-29-22(20)28)13-2-1-3-14(8-13)23(31)30-7-6-16(27)11-30/h1-5,8-10,16H,6-7,11-12,27H2,(H2,28,29)/t16-/m0/s1. The molecule has 2 heterocycles. The van der Waals surface area contributed by atoms with Crippen LogP contribution < -0.4 is 16.2 Å². The van der Waals surface area contributed by atoms with Gasteiger partial charge in [-0.3, -0.25) is 4.79 Å². The number of hydrogen-bond donors (Lipinski definition) is 2. The summed E-state index contributed by atoms with van der Waals surface area (Å²) in [5.74, 6) is -1.25. The van der Waals surface area contributed by atoms with Crippen molar-refractivity contribution in [2.75, 3.05) is 18.8 Å². The zero-order valence-corrected chi connectivity index (χ0v) is 17.8. The van der Waals surface area contributed by atoms with Crippen LogP contribution in [0.3, 0.4) is 0 Å². The summed E-state index contributed by atoms with van der Waals surface area (Å²) in [4.78, 5) is 18.6. The van der Waals surface area contributed by atoms with Crippen LogP contribution in [0.2, 0.25) is 5.02 Å². The lowest BCUT2D eigenvalue weighted by atomic mass is 10.0. The molecule has 0 saturated carbocycles. The third-order valence-corrected chi connectivity index (χ3v) is 5.76. The zero-order valence-electron chi connectivity index (χ0n) is 17.0. The van der Waals surface area contributed by atoms with E-state index < -0.39 is 11.6 Å². The van der Waals surface area contributed by atoms with Crippen LogP contribution in [-0.4, -0.2) is 34.9 Å². The van der Waals surface area contributed by atoms with Crippen LogP contribution >= 0.6 is 11.6 Å². The van der Waals surface area contributed by atoms with E-state index in [1.54, 1.807) is 35.4 Å². The Balaban J connectivity index is 1.57. The number of carbonyl (C=O) groups is 1. The average Bonchev–Trinajstić information content (AvgIpc) is 3.23. The fraction of sp³-hybridized carbons (Fsp3) is 0.217. The minimum Gasteiger partial charge on any atom is -0.485 e. The molecule has 3 aromatic rings. The molecule has 0 spiro atoms. The third kappa shape index (κ3) is 4.51. The monoisotopic (exact) mass is 458 g/mol. The molecule has 1 aliphatic heterocycles. The molecule has 1 saturated heterocycles. The van der Waals surface area contributed by atoms with Gasteiger partial charge in [-0.1, -0.05) is 23.7 Å². The van der Waals surface area contributed by atoms with E-state index in [2.05, 4.69) is 4.98 Å². The quantitative estimate of drug-likeness (QED) is 0.563. The maximum absolute atomic E-state index is 14.0. The first-order valence-electron chi connectivity index (χ1n) is 9.99. The molecule has 166 valence electrons. The van der Waals surface area contributed by atoms with Crippen LogP contribution in [-0.2, 0) is 6.61 Å². The zero-order chi connectivity index (χ0) is 22.8. The Bertz CT molecular complexity index is 1170. The fourth-order valence-corrected chi connectivity index (χ4v) is 3.77. The first-order chi connectivity index (χ1) is 15.3. The highest BCUT2D eigenvalue weighted by atomic mass is 35.5. The molecule has 1 aliphatic rings. The largest absolute Gasteiger partial charge is 0.485 e. The van der Waals surface area contributed by atoms with Crippen molar-refractivity contribution in [2.45, 2.75) is 19.1 Å². The summed E-state index contributed by atoms with van der Waals surface area (Å²) < 4.78 is 33.3. The normalized spacial score (nSPS) is 15.8. The van der Waals surface area contributed by atoms with Gasteiger partial charge in [0.05, 0.1) is 5.02 Å². The molecule has 0 unspecified atom stereocenters. The van der Waals surface area contributed by atoms with Crippen LogP contribution in [0, 0.1) is 11.6 Å². The van der Waals surface area contributed by atoms with Gasteiger partial charge in [-0.15, -0.1) is 0 Å². The second-order valence-electron chi connectivity index (χ2n) is 7.60. The lowest BCUT2D eigenvalue weighted by molar-refractivity contribution is 0.0791. The number of halogens is 3. The van der Waals surface area contributed by atoms with Crippen LogP contribution in [0.5, 0.6) is 5.75 Å². The minimum absolute atomic E-state index is 0.000400. The second-order valence-corrected chi connectivity index (χ2v) is 7.98. The summed E-state index contributed by atoms with van der Waals surface area (Å²) in [6.07, 6.45) is 2.33. The van der Waals surface area contributed by atoms with E-state index in [0.717, 1.165) is 24.1 Å². The van der Waals surface area contributed by atoms with E-state index in [1.807, 2.05) is 6.07 Å². The molecule has 9 heteroatoms. The second kappa shape index (κ2) is 9.10. The number of amides is 1. The van der Waals surface area contributed by atoms with Gasteiger partial charge in [0.15, 0.2) is 11.6 Å². The Labute approximate surface area is 188 Å². The minimum atomic E-state index is -0.744. The first-order valence-corrected chi connectivity index (χ1v) is 10.4. The van der Waals surface area contributed by atoms with Gasteiger partial charge in [0.25, 0.3) is 5.91 Å². The summed E-state index contributed by atoms with van der Waals surface area (Å²) in [6.45, 7) is 0.833. The van der Waals surface area contributed by atoms with Crippen LogP contribution in [0.25, 0.3) is 11.1 Å². The molecule has 32 heavy (non-hydrogen) atoms. The molecule has 0 bridgehead atoms. The average molecular weight is 459 g/mol. The van der Waals surface area contributed by atoms with E-state index >= 15 is 0 Å². The SMILES string of the molecule is Nc1ncc(-c2cccc(C(=O)N3CC[C@H](N)C3)c2)cc1OCc1c(F)ccc(F)c1Cl. The van der Waals surface area contributed by atoms with E-state index in [4.69, 9.17) is 27.8 Å². The molecule has 1 amide bonds. The molecule has 1 atom stereocenters. The van der Waals surface area contributed by atoms with Crippen molar-refractivity contribution in [3.05, 3.63) is 76.4 Å². The van der Waals surface area contributed by atoms with Gasteiger partial charge in [-0.2, -0.15) is 0 Å². The molecule has 1 fully saturated rings. The summed E-state index contributed by atoms with van der Waals surface area (Å²) >= 11 is 5.86. The number of anilines is 1. The van der Waals surface area contributed by atoms with Crippen molar-refractivity contribution >= 4 is 23.3 Å². The van der Waals surface area contributed by atoms with E-state index in [0.29, 0.717) is 24.2 Å². The highest BCUT2D eigenvalue weighted by molar-refractivity contribution is 6.31. The van der Waals surface area contributed by atoms with E-state index in [-0.39, 0.29) is 40.7 Å². The summed E-state index contributed by atoms with van der Waals surface area (Å²) in [5.41, 5.74) is 13.6. The molecule has 0 radical (unpaired) electrons. The molecule has 4 rings (SSSR count). The highest BCUT2D eigenvalue weighted by Gasteiger charge is 2.24. The molecular weight excluding hydrogens is 438 g/mol. The Morgan fingerprint density at radius 1 is 1.19 bits per heavy atom. The van der Waals surface area contributed by atoms with Crippen molar-refractivity contribution in [1.29, 1.82) is 0 Å². The number of ether oxygens (including phenoxy) is 1. The maximum Gasteiger partial charge on any atom is 0.253 e. The molecule has 1 aromatic heterocycles. The van der Waals surface area contributed by atoms with Crippen LogP contribution in [0.15, 0.2) is 48.7 Å². The van der Waals surface area contributed by atoms with Crippen molar-refractivity contribution in [2.24, 2.45) is 5.73 Å². The Hall–Kier alpha value is -3.23. The number of carbonyl (C=O) groups excluding carboxylic acids is 1. The van der Waals surface area contributed by atoms with E-state index in [9.17, 15) is 13.6 Å². The van der Waals surface area contributed by atoms with Crippen molar-refractivity contribution < 1.29 is 18.3 Å². The lowest BCUT2D eigenvalue weighted by Crippen LogP contribution is -2.31. The van der Waals surface area contributed by atoms with Gasteiger partial charge in [-0.25, -0.2) is 13.8 Å². The Morgan fingerprint density at radius 3 is 2.72 bits per heavy atom. The third-order valence-electron chi connectivity index (χ3n) is 5.35. The first kappa shape index (κ1) is 22.0. The van der Waals surface area contributed by atoms with Gasteiger partial charge in [0.2, 0.25) is 0 Å². The number of rotatable bonds is 5. The Kier molecular flexibility index (Phi) is 6.25. The summed E-state index contributed by atoms with van der Waals surface area (Å²) in [6, 6.07) is 10.7.